The minimum Gasteiger partial charge on any atom is -0.391 e. The van der Waals surface area contributed by atoms with Crippen LogP contribution in [-0.4, -0.2) is 47.7 Å². The van der Waals surface area contributed by atoms with Gasteiger partial charge in [0.15, 0.2) is 0 Å². The maximum absolute atomic E-state index is 11.7. The van der Waals surface area contributed by atoms with Crippen molar-refractivity contribution in [2.24, 2.45) is 0 Å². The van der Waals surface area contributed by atoms with Crippen molar-refractivity contribution >= 4 is 29.2 Å². The van der Waals surface area contributed by atoms with E-state index in [2.05, 4.69) is 20.9 Å². The smallest absolute Gasteiger partial charge is 0.222 e. The summed E-state index contributed by atoms with van der Waals surface area (Å²) < 4.78 is 0. The third-order valence-corrected chi connectivity index (χ3v) is 4.95. The van der Waals surface area contributed by atoms with Crippen LogP contribution in [-0.2, 0) is 9.59 Å². The molecule has 156 valence electrons. The fourth-order valence-electron chi connectivity index (χ4n) is 3.32. The van der Waals surface area contributed by atoms with E-state index in [0.717, 1.165) is 28.1 Å². The molecule has 0 unspecified atom stereocenters. The number of rotatable bonds is 5. The lowest BCUT2D eigenvalue weighted by Crippen LogP contribution is -2.40. The molecule has 0 saturated heterocycles. The number of hydrogen-bond acceptors (Lipinski definition) is 5. The van der Waals surface area contributed by atoms with Gasteiger partial charge in [0.1, 0.15) is 11.7 Å². The number of carbonyl (C=O) groups is 2. The van der Waals surface area contributed by atoms with E-state index < -0.39 is 0 Å². The van der Waals surface area contributed by atoms with E-state index >= 15 is 0 Å². The third-order valence-electron chi connectivity index (χ3n) is 4.95. The summed E-state index contributed by atoms with van der Waals surface area (Å²) in [4.78, 5) is 28.8. The van der Waals surface area contributed by atoms with Gasteiger partial charge in [0.05, 0.1) is 6.54 Å². The summed E-state index contributed by atoms with van der Waals surface area (Å²) in [5.41, 5.74) is 4.46. The number of amides is 2. The summed E-state index contributed by atoms with van der Waals surface area (Å²) >= 11 is 0. The van der Waals surface area contributed by atoms with Crippen LogP contribution < -0.4 is 16.0 Å². The minimum absolute atomic E-state index is 0.0120. The number of amidine groups is 1. The number of carbonyl (C=O) groups excluding carboxylic acids is 2. The van der Waals surface area contributed by atoms with Crippen molar-refractivity contribution in [3.05, 3.63) is 53.9 Å². The van der Waals surface area contributed by atoms with Gasteiger partial charge in [0.2, 0.25) is 11.8 Å². The van der Waals surface area contributed by atoms with Crippen LogP contribution in [0.3, 0.4) is 0 Å². The first-order chi connectivity index (χ1) is 14.4. The zero-order valence-corrected chi connectivity index (χ0v) is 17.4. The van der Waals surface area contributed by atoms with E-state index in [1.54, 1.807) is 24.1 Å². The lowest BCUT2D eigenvalue weighted by molar-refractivity contribution is -0.128. The Hall–Kier alpha value is -3.68. The van der Waals surface area contributed by atoms with E-state index in [0.29, 0.717) is 25.3 Å². The number of benzene rings is 1. The Morgan fingerprint density at radius 2 is 1.73 bits per heavy atom. The van der Waals surface area contributed by atoms with E-state index in [-0.39, 0.29) is 17.6 Å². The highest BCUT2D eigenvalue weighted by Gasteiger charge is 2.23. The van der Waals surface area contributed by atoms with Crippen molar-refractivity contribution in [1.29, 1.82) is 5.41 Å². The SMILES string of the molecule is CNC1=C(C(=N)Nc2ccc(-c3ccc(NC(C)=O)nc3)cc2)CN(C(C)=O)CC1. The zero-order chi connectivity index (χ0) is 21.7. The largest absolute Gasteiger partial charge is 0.391 e. The molecule has 2 heterocycles. The maximum atomic E-state index is 11.7. The second-order valence-corrected chi connectivity index (χ2v) is 7.09. The molecule has 2 amide bonds. The molecule has 2 aromatic rings. The van der Waals surface area contributed by atoms with Gasteiger partial charge >= 0.3 is 0 Å². The van der Waals surface area contributed by atoms with Crippen LogP contribution in [0.2, 0.25) is 0 Å². The summed E-state index contributed by atoms with van der Waals surface area (Å²) in [5.74, 6) is 0.644. The topological polar surface area (TPSA) is 110 Å². The molecule has 0 fully saturated rings. The van der Waals surface area contributed by atoms with Gasteiger partial charge < -0.3 is 20.9 Å². The number of anilines is 2. The summed E-state index contributed by atoms with van der Waals surface area (Å²) in [6.45, 7) is 4.07. The van der Waals surface area contributed by atoms with E-state index in [1.807, 2.05) is 37.4 Å². The molecule has 0 atom stereocenters. The molecule has 8 heteroatoms. The van der Waals surface area contributed by atoms with Crippen LogP contribution in [0.1, 0.15) is 20.3 Å². The molecule has 0 radical (unpaired) electrons. The highest BCUT2D eigenvalue weighted by molar-refractivity contribution is 6.07. The molecular formula is C22H26N6O2. The summed E-state index contributed by atoms with van der Waals surface area (Å²) in [5, 5.41) is 17.4. The Labute approximate surface area is 175 Å². The quantitative estimate of drug-likeness (QED) is 0.451. The monoisotopic (exact) mass is 406 g/mol. The first kappa shape index (κ1) is 21.0. The molecule has 3 rings (SSSR count). The molecule has 1 aliphatic rings. The molecule has 30 heavy (non-hydrogen) atoms. The molecule has 8 nitrogen and oxygen atoms in total. The van der Waals surface area contributed by atoms with Crippen LogP contribution in [0.4, 0.5) is 11.5 Å². The van der Waals surface area contributed by atoms with Crippen LogP contribution in [0.5, 0.6) is 0 Å². The number of hydrogen-bond donors (Lipinski definition) is 4. The first-order valence-corrected chi connectivity index (χ1v) is 9.72. The molecule has 1 aromatic heterocycles. The maximum Gasteiger partial charge on any atom is 0.222 e. The second-order valence-electron chi connectivity index (χ2n) is 7.09. The summed E-state index contributed by atoms with van der Waals surface area (Å²) in [6.07, 6.45) is 2.41. The van der Waals surface area contributed by atoms with Gasteiger partial charge in [-0.15, -0.1) is 0 Å². The molecule has 1 aromatic carbocycles. The van der Waals surface area contributed by atoms with E-state index in [4.69, 9.17) is 5.41 Å². The zero-order valence-electron chi connectivity index (χ0n) is 17.4. The lowest BCUT2D eigenvalue weighted by atomic mass is 10.0. The van der Waals surface area contributed by atoms with Crippen molar-refractivity contribution in [3.63, 3.8) is 0 Å². The van der Waals surface area contributed by atoms with Gasteiger partial charge in [-0.1, -0.05) is 12.1 Å². The van der Waals surface area contributed by atoms with E-state index in [9.17, 15) is 9.59 Å². The standard InChI is InChI=1S/C22H26N6O2/c1-14(29)26-21-9-6-17(12-25-21)16-4-7-18(8-5-16)27-22(23)19-13-28(15(2)30)11-10-20(19)24-3/h4-9,12,24H,10-11,13H2,1-3H3,(H2,23,27)(H,25,26,29). The number of aromatic nitrogens is 1. The van der Waals surface area contributed by atoms with Gasteiger partial charge in [-0.05, 0) is 29.8 Å². The Balaban J connectivity index is 1.70. The highest BCUT2D eigenvalue weighted by atomic mass is 16.2. The number of pyridine rings is 1. The third kappa shape index (κ3) is 5.02. The summed E-state index contributed by atoms with van der Waals surface area (Å²) in [7, 11) is 1.84. The number of nitrogens with one attached hydrogen (secondary N) is 4. The van der Waals surface area contributed by atoms with Crippen molar-refractivity contribution in [2.75, 3.05) is 30.8 Å². The molecule has 0 bridgehead atoms. The van der Waals surface area contributed by atoms with Crippen molar-refractivity contribution in [1.82, 2.24) is 15.2 Å². The first-order valence-electron chi connectivity index (χ1n) is 9.72. The van der Waals surface area contributed by atoms with E-state index in [1.165, 1.54) is 6.92 Å². The van der Waals surface area contributed by atoms with Crippen molar-refractivity contribution < 1.29 is 9.59 Å². The predicted octanol–water partition coefficient (Wildman–Crippen LogP) is 2.82. The van der Waals surface area contributed by atoms with Gasteiger partial charge in [0, 0.05) is 62.6 Å². The molecule has 4 N–H and O–H groups in total. The average Bonchev–Trinajstić information content (AvgIpc) is 2.74. The Bertz CT molecular complexity index is 980. The molecule has 0 aliphatic carbocycles. The Morgan fingerprint density at radius 1 is 1.03 bits per heavy atom. The average molecular weight is 406 g/mol. The molecule has 1 aliphatic heterocycles. The highest BCUT2D eigenvalue weighted by Crippen LogP contribution is 2.23. The fraction of sp³-hybridized carbons (Fsp3) is 0.273. The lowest BCUT2D eigenvalue weighted by Gasteiger charge is -2.30. The van der Waals surface area contributed by atoms with Gasteiger partial charge in [-0.3, -0.25) is 15.0 Å². The molecular weight excluding hydrogens is 380 g/mol. The van der Waals surface area contributed by atoms with Gasteiger partial charge in [0.25, 0.3) is 0 Å². The predicted molar refractivity (Wildman–Crippen MR) is 118 cm³/mol. The van der Waals surface area contributed by atoms with Gasteiger partial charge in [-0.2, -0.15) is 0 Å². The van der Waals surface area contributed by atoms with Crippen LogP contribution in [0, 0.1) is 5.41 Å². The van der Waals surface area contributed by atoms with Crippen molar-refractivity contribution in [2.45, 2.75) is 20.3 Å². The van der Waals surface area contributed by atoms with Crippen molar-refractivity contribution in [3.8, 4) is 11.1 Å². The van der Waals surface area contributed by atoms with Gasteiger partial charge in [-0.25, -0.2) is 4.98 Å². The van der Waals surface area contributed by atoms with Crippen LogP contribution in [0.15, 0.2) is 53.9 Å². The van der Waals surface area contributed by atoms with Crippen LogP contribution in [0.25, 0.3) is 11.1 Å². The Morgan fingerprint density at radius 3 is 2.30 bits per heavy atom. The molecule has 0 spiro atoms. The normalized spacial score (nSPS) is 13.6. The fourth-order valence-corrected chi connectivity index (χ4v) is 3.32. The minimum atomic E-state index is -0.158. The van der Waals surface area contributed by atoms with Crippen LogP contribution >= 0.6 is 0 Å². The number of nitrogens with zero attached hydrogens (tertiary/aromatic N) is 2. The molecule has 0 saturated carbocycles. The second kappa shape index (κ2) is 9.21. The Kier molecular flexibility index (Phi) is 6.46. The summed E-state index contributed by atoms with van der Waals surface area (Å²) in [6, 6.07) is 11.3.